The van der Waals surface area contributed by atoms with E-state index in [2.05, 4.69) is 9.97 Å². The standard InChI is InChI=1S/C22H22FN3O3/c1-29-19-10-9-14(13-16(19)23)12-15-6-4-5-11-26(15)22(28)20-21(27)25-18-8-3-2-7-17(18)24-20/h2-3,7-10,13,15H,4-6,11-12H2,1H3,(H,25,27). The lowest BCUT2D eigenvalue weighted by Crippen LogP contribution is -2.45. The Kier molecular flexibility index (Phi) is 5.29. The minimum Gasteiger partial charge on any atom is -0.494 e. The van der Waals surface area contributed by atoms with E-state index >= 15 is 0 Å². The van der Waals surface area contributed by atoms with Gasteiger partial charge in [-0.3, -0.25) is 4.79 Å². The molecule has 150 valence electrons. The van der Waals surface area contributed by atoms with Crippen LogP contribution in [0, 0.1) is 5.82 Å². The van der Waals surface area contributed by atoms with Gasteiger partial charge >= 0.3 is 0 Å². The first-order valence-corrected chi connectivity index (χ1v) is 9.66. The van der Waals surface area contributed by atoms with Crippen LogP contribution in [0.4, 0.5) is 4.39 Å². The number of amides is 1. The molecule has 1 fully saturated rings. The third-order valence-electron chi connectivity index (χ3n) is 5.33. The molecule has 7 heteroatoms. The van der Waals surface area contributed by atoms with Crippen LogP contribution in [0.2, 0.25) is 0 Å². The van der Waals surface area contributed by atoms with E-state index < -0.39 is 5.82 Å². The van der Waals surface area contributed by atoms with Crippen molar-refractivity contribution in [1.82, 2.24) is 14.9 Å². The van der Waals surface area contributed by atoms with Crippen LogP contribution >= 0.6 is 0 Å². The molecule has 2 heterocycles. The van der Waals surface area contributed by atoms with Crippen LogP contribution in [-0.2, 0) is 6.42 Å². The van der Waals surface area contributed by atoms with Crippen LogP contribution in [0.3, 0.4) is 0 Å². The van der Waals surface area contributed by atoms with Crippen molar-refractivity contribution in [2.75, 3.05) is 13.7 Å². The molecule has 2 aromatic carbocycles. The summed E-state index contributed by atoms with van der Waals surface area (Å²) in [6, 6.07) is 11.9. The Morgan fingerprint density at radius 2 is 1.97 bits per heavy atom. The van der Waals surface area contributed by atoms with Gasteiger partial charge in [0, 0.05) is 12.6 Å². The molecule has 3 aromatic rings. The van der Waals surface area contributed by atoms with E-state index in [1.165, 1.54) is 13.2 Å². The highest BCUT2D eigenvalue weighted by molar-refractivity contribution is 5.96. The summed E-state index contributed by atoms with van der Waals surface area (Å²) in [6.07, 6.45) is 3.19. The molecule has 0 saturated carbocycles. The molecule has 6 nitrogen and oxygen atoms in total. The molecule has 1 amide bonds. The SMILES string of the molecule is COc1ccc(CC2CCCCN2C(=O)c2nc3ccccc3nc2O)cc1F. The maximum atomic E-state index is 14.1. The van der Waals surface area contributed by atoms with E-state index in [0.29, 0.717) is 24.0 Å². The number of likely N-dealkylation sites (tertiary alicyclic amines) is 1. The van der Waals surface area contributed by atoms with Gasteiger partial charge in [0.25, 0.3) is 5.91 Å². The fraction of sp³-hybridized carbons (Fsp3) is 0.318. The number of carbonyl (C=O) groups is 1. The van der Waals surface area contributed by atoms with Crippen LogP contribution in [0.5, 0.6) is 11.6 Å². The van der Waals surface area contributed by atoms with Crippen molar-refractivity contribution < 1.29 is 19.0 Å². The molecule has 0 spiro atoms. The van der Waals surface area contributed by atoms with E-state index in [0.717, 1.165) is 24.8 Å². The number of hydrogen-bond donors (Lipinski definition) is 1. The smallest absolute Gasteiger partial charge is 0.278 e. The highest BCUT2D eigenvalue weighted by Crippen LogP contribution is 2.27. The van der Waals surface area contributed by atoms with E-state index in [1.54, 1.807) is 29.2 Å². The fourth-order valence-corrected chi connectivity index (χ4v) is 3.86. The number of aromatic hydroxyl groups is 1. The Bertz CT molecular complexity index is 1060. The molecule has 1 saturated heterocycles. The van der Waals surface area contributed by atoms with Gasteiger partial charge in [0.2, 0.25) is 5.88 Å². The minimum atomic E-state index is -0.420. The van der Waals surface area contributed by atoms with Crippen LogP contribution in [-0.4, -0.2) is 45.6 Å². The van der Waals surface area contributed by atoms with Gasteiger partial charge in [-0.2, -0.15) is 0 Å². The van der Waals surface area contributed by atoms with Crippen molar-refractivity contribution in [2.24, 2.45) is 0 Å². The highest BCUT2D eigenvalue weighted by atomic mass is 19.1. The van der Waals surface area contributed by atoms with E-state index in [9.17, 15) is 14.3 Å². The predicted octanol–water partition coefficient (Wildman–Crippen LogP) is 3.72. The summed E-state index contributed by atoms with van der Waals surface area (Å²) in [5.41, 5.74) is 1.84. The van der Waals surface area contributed by atoms with Crippen LogP contribution in [0.25, 0.3) is 11.0 Å². The van der Waals surface area contributed by atoms with Crippen molar-refractivity contribution in [3.05, 3.63) is 59.5 Å². The van der Waals surface area contributed by atoms with E-state index in [4.69, 9.17) is 4.74 Å². The molecule has 1 aliphatic heterocycles. The van der Waals surface area contributed by atoms with Gasteiger partial charge in [0.15, 0.2) is 17.3 Å². The quantitative estimate of drug-likeness (QED) is 0.729. The largest absolute Gasteiger partial charge is 0.494 e. The molecule has 29 heavy (non-hydrogen) atoms. The highest BCUT2D eigenvalue weighted by Gasteiger charge is 2.30. The summed E-state index contributed by atoms with van der Waals surface area (Å²) in [6.45, 7) is 0.566. The number of hydrogen-bond acceptors (Lipinski definition) is 5. The number of rotatable bonds is 4. The molecule has 1 aromatic heterocycles. The Morgan fingerprint density at radius 3 is 2.69 bits per heavy atom. The Balaban J connectivity index is 1.61. The fourth-order valence-electron chi connectivity index (χ4n) is 3.86. The average molecular weight is 395 g/mol. The number of piperidine rings is 1. The van der Waals surface area contributed by atoms with Crippen molar-refractivity contribution in [1.29, 1.82) is 0 Å². The Labute approximate surface area is 168 Å². The first kappa shape index (κ1) is 19.1. The van der Waals surface area contributed by atoms with Gasteiger partial charge in [-0.1, -0.05) is 18.2 Å². The second-order valence-electron chi connectivity index (χ2n) is 7.21. The Morgan fingerprint density at radius 1 is 1.21 bits per heavy atom. The lowest BCUT2D eigenvalue weighted by Gasteiger charge is -2.35. The zero-order valence-electron chi connectivity index (χ0n) is 16.1. The summed E-state index contributed by atoms with van der Waals surface area (Å²) in [7, 11) is 1.43. The lowest BCUT2D eigenvalue weighted by molar-refractivity contribution is 0.0603. The number of benzene rings is 2. The molecule has 1 aliphatic rings. The number of para-hydroxylation sites is 2. The zero-order chi connectivity index (χ0) is 20.4. The van der Waals surface area contributed by atoms with Crippen molar-refractivity contribution in [3.63, 3.8) is 0 Å². The third kappa shape index (κ3) is 3.85. The van der Waals surface area contributed by atoms with Crippen molar-refractivity contribution in [3.8, 4) is 11.6 Å². The van der Waals surface area contributed by atoms with E-state index in [1.807, 2.05) is 12.1 Å². The maximum absolute atomic E-state index is 14.1. The van der Waals surface area contributed by atoms with Gasteiger partial charge < -0.3 is 14.7 Å². The number of halogens is 1. The molecular formula is C22H22FN3O3. The summed E-state index contributed by atoms with van der Waals surface area (Å²) in [5.74, 6) is -0.939. The van der Waals surface area contributed by atoms with Crippen molar-refractivity contribution >= 4 is 16.9 Å². The van der Waals surface area contributed by atoms with Gasteiger partial charge in [-0.15, -0.1) is 0 Å². The molecular weight excluding hydrogens is 373 g/mol. The molecule has 0 aliphatic carbocycles. The molecule has 0 radical (unpaired) electrons. The van der Waals surface area contributed by atoms with Gasteiger partial charge in [0.05, 0.1) is 18.1 Å². The first-order valence-electron chi connectivity index (χ1n) is 9.66. The van der Waals surface area contributed by atoms with Crippen molar-refractivity contribution in [2.45, 2.75) is 31.7 Å². The zero-order valence-corrected chi connectivity index (χ0v) is 16.1. The predicted molar refractivity (Wildman–Crippen MR) is 107 cm³/mol. The number of fused-ring (bicyclic) bond motifs is 1. The van der Waals surface area contributed by atoms with Gasteiger partial charge in [-0.05, 0) is 55.5 Å². The molecule has 1 N–H and O–H groups in total. The van der Waals surface area contributed by atoms with Crippen LogP contribution in [0.15, 0.2) is 42.5 Å². The lowest BCUT2D eigenvalue weighted by atomic mass is 9.95. The minimum absolute atomic E-state index is 0.0449. The maximum Gasteiger partial charge on any atom is 0.278 e. The number of carbonyl (C=O) groups excluding carboxylic acids is 1. The van der Waals surface area contributed by atoms with Gasteiger partial charge in [0.1, 0.15) is 0 Å². The third-order valence-corrected chi connectivity index (χ3v) is 5.33. The van der Waals surface area contributed by atoms with Crippen LogP contribution in [0.1, 0.15) is 35.3 Å². The molecule has 1 atom stereocenters. The molecule has 1 unspecified atom stereocenters. The summed E-state index contributed by atoms with van der Waals surface area (Å²) < 4.78 is 19.0. The molecule has 0 bridgehead atoms. The number of aromatic nitrogens is 2. The van der Waals surface area contributed by atoms with E-state index in [-0.39, 0.29) is 29.3 Å². The van der Waals surface area contributed by atoms with Crippen LogP contribution < -0.4 is 4.74 Å². The average Bonchev–Trinajstić information content (AvgIpc) is 2.73. The second kappa shape index (κ2) is 8.03. The van der Waals surface area contributed by atoms with Gasteiger partial charge in [-0.25, -0.2) is 14.4 Å². The summed E-state index contributed by atoms with van der Waals surface area (Å²) >= 11 is 0. The number of methoxy groups -OCH3 is 1. The number of ether oxygens (including phenoxy) is 1. The number of nitrogens with zero attached hydrogens (tertiary/aromatic N) is 3. The summed E-state index contributed by atoms with van der Waals surface area (Å²) in [4.78, 5) is 23.4. The molecule has 4 rings (SSSR count). The first-order chi connectivity index (χ1) is 14.1. The monoisotopic (exact) mass is 395 g/mol. The second-order valence-corrected chi connectivity index (χ2v) is 7.21. The normalized spacial score (nSPS) is 16.8. The summed E-state index contributed by atoms with van der Waals surface area (Å²) in [5, 5.41) is 10.3. The topological polar surface area (TPSA) is 75.5 Å². The Hall–Kier alpha value is -3.22.